The van der Waals surface area contributed by atoms with Crippen molar-refractivity contribution in [3.8, 4) is 0 Å². The second-order valence-corrected chi connectivity index (χ2v) is 6.42. The van der Waals surface area contributed by atoms with Crippen LogP contribution in [0.2, 0.25) is 0 Å². The van der Waals surface area contributed by atoms with Crippen LogP contribution in [-0.4, -0.2) is 27.5 Å². The molecule has 1 aliphatic rings. The van der Waals surface area contributed by atoms with Crippen LogP contribution in [0.15, 0.2) is 28.7 Å². The highest BCUT2D eigenvalue weighted by Gasteiger charge is 2.39. The number of para-hydroxylation sites is 2. The zero-order chi connectivity index (χ0) is 17.0. The summed E-state index contributed by atoms with van der Waals surface area (Å²) in [6, 6.07) is 7.43. The number of oxazole rings is 1. The highest BCUT2D eigenvalue weighted by Crippen LogP contribution is 2.27. The molecule has 1 aromatic carbocycles. The molecule has 0 saturated heterocycles. The topological polar surface area (TPSA) is 92.4 Å². The van der Waals surface area contributed by atoms with Crippen molar-refractivity contribution < 1.29 is 19.1 Å². The Balaban J connectivity index is 1.62. The zero-order valence-corrected chi connectivity index (χ0v) is 13.6. The minimum atomic E-state index is -1.12. The number of carbonyl (C=O) groups is 2. The molecule has 1 aliphatic carbocycles. The van der Waals surface area contributed by atoms with Crippen molar-refractivity contribution in [3.63, 3.8) is 0 Å². The standard InChI is InChI=1S/C18H22N2O4/c21-15(20-18(17(22)23)11-5-1-2-6-12-18)9-10-16-19-13-7-3-4-8-14(13)24-16/h3-4,7-8H,1-2,5-6,9-12H2,(H,20,21)(H,22,23). The highest BCUT2D eigenvalue weighted by atomic mass is 16.4. The highest BCUT2D eigenvalue weighted by molar-refractivity contribution is 5.87. The van der Waals surface area contributed by atoms with Crippen LogP contribution in [0.4, 0.5) is 0 Å². The van der Waals surface area contributed by atoms with E-state index in [1.807, 2.05) is 24.3 Å². The predicted molar refractivity (Wildman–Crippen MR) is 88.5 cm³/mol. The first-order chi connectivity index (χ1) is 11.6. The second-order valence-electron chi connectivity index (χ2n) is 6.42. The maximum atomic E-state index is 12.3. The Morgan fingerprint density at radius 1 is 1.17 bits per heavy atom. The lowest BCUT2D eigenvalue weighted by molar-refractivity contribution is -0.148. The number of hydrogen-bond donors (Lipinski definition) is 2. The van der Waals surface area contributed by atoms with Gasteiger partial charge in [-0.05, 0) is 25.0 Å². The smallest absolute Gasteiger partial charge is 0.329 e. The van der Waals surface area contributed by atoms with Gasteiger partial charge in [0, 0.05) is 12.8 Å². The molecule has 6 heteroatoms. The summed E-state index contributed by atoms with van der Waals surface area (Å²) in [5, 5.41) is 12.4. The molecule has 1 aromatic heterocycles. The summed E-state index contributed by atoms with van der Waals surface area (Å²) in [5.41, 5.74) is 0.340. The number of rotatable bonds is 5. The van der Waals surface area contributed by atoms with E-state index in [0.717, 1.165) is 31.2 Å². The van der Waals surface area contributed by atoms with Gasteiger partial charge in [0.25, 0.3) is 0 Å². The Labute approximate surface area is 140 Å². The Kier molecular flexibility index (Phi) is 4.83. The number of carboxylic acid groups (broad SMARTS) is 1. The molecule has 1 amide bonds. The summed E-state index contributed by atoms with van der Waals surface area (Å²) in [6.45, 7) is 0. The summed E-state index contributed by atoms with van der Waals surface area (Å²) in [5.74, 6) is -0.697. The minimum absolute atomic E-state index is 0.169. The third kappa shape index (κ3) is 3.58. The third-order valence-electron chi connectivity index (χ3n) is 4.65. The Morgan fingerprint density at radius 2 is 1.88 bits per heavy atom. The zero-order valence-electron chi connectivity index (χ0n) is 13.6. The van der Waals surface area contributed by atoms with E-state index in [1.54, 1.807) is 0 Å². The van der Waals surface area contributed by atoms with Crippen LogP contribution >= 0.6 is 0 Å². The van der Waals surface area contributed by atoms with Crippen LogP contribution in [0, 0.1) is 0 Å². The Morgan fingerprint density at radius 3 is 2.54 bits per heavy atom. The van der Waals surface area contributed by atoms with Gasteiger partial charge in [0.2, 0.25) is 5.91 Å². The van der Waals surface area contributed by atoms with Gasteiger partial charge in [0.1, 0.15) is 11.1 Å². The van der Waals surface area contributed by atoms with Crippen LogP contribution in [0.1, 0.15) is 50.8 Å². The summed E-state index contributed by atoms with van der Waals surface area (Å²) < 4.78 is 5.59. The van der Waals surface area contributed by atoms with E-state index in [0.29, 0.717) is 30.7 Å². The molecule has 24 heavy (non-hydrogen) atoms. The van der Waals surface area contributed by atoms with Crippen LogP contribution in [-0.2, 0) is 16.0 Å². The van der Waals surface area contributed by atoms with Gasteiger partial charge in [-0.1, -0.05) is 37.8 Å². The van der Waals surface area contributed by atoms with Crippen LogP contribution in [0.3, 0.4) is 0 Å². The number of amides is 1. The molecular weight excluding hydrogens is 308 g/mol. The maximum Gasteiger partial charge on any atom is 0.329 e. The number of carboxylic acids is 1. The number of benzene rings is 1. The van der Waals surface area contributed by atoms with Gasteiger partial charge < -0.3 is 14.8 Å². The van der Waals surface area contributed by atoms with Gasteiger partial charge in [-0.2, -0.15) is 0 Å². The molecule has 1 fully saturated rings. The van der Waals surface area contributed by atoms with E-state index in [-0.39, 0.29) is 12.3 Å². The van der Waals surface area contributed by atoms with Gasteiger partial charge in [0.05, 0.1) is 0 Å². The molecule has 2 aromatic rings. The van der Waals surface area contributed by atoms with Gasteiger partial charge in [-0.25, -0.2) is 9.78 Å². The summed E-state index contributed by atoms with van der Waals surface area (Å²) in [4.78, 5) is 28.3. The van der Waals surface area contributed by atoms with Crippen molar-refractivity contribution in [1.82, 2.24) is 10.3 Å². The number of aromatic nitrogens is 1. The summed E-state index contributed by atoms with van der Waals surface area (Å²) in [6.07, 6.45) is 5.23. The molecule has 2 N–H and O–H groups in total. The van der Waals surface area contributed by atoms with Crippen molar-refractivity contribution in [2.75, 3.05) is 0 Å². The Hall–Kier alpha value is -2.37. The molecule has 0 atom stereocenters. The van der Waals surface area contributed by atoms with Crippen LogP contribution in [0.25, 0.3) is 11.1 Å². The fraction of sp³-hybridized carbons (Fsp3) is 0.500. The number of aliphatic carboxylic acids is 1. The molecule has 0 aliphatic heterocycles. The molecule has 6 nitrogen and oxygen atoms in total. The number of hydrogen-bond acceptors (Lipinski definition) is 4. The van der Waals surface area contributed by atoms with Crippen molar-refractivity contribution >= 4 is 23.0 Å². The monoisotopic (exact) mass is 330 g/mol. The number of fused-ring (bicyclic) bond motifs is 1. The molecule has 1 saturated carbocycles. The first-order valence-corrected chi connectivity index (χ1v) is 8.48. The summed E-state index contributed by atoms with van der Waals surface area (Å²) in [7, 11) is 0. The molecule has 0 radical (unpaired) electrons. The quantitative estimate of drug-likeness (QED) is 0.822. The molecular formula is C18H22N2O4. The maximum absolute atomic E-state index is 12.3. The third-order valence-corrected chi connectivity index (χ3v) is 4.65. The van der Waals surface area contributed by atoms with Crippen molar-refractivity contribution in [2.45, 2.75) is 56.9 Å². The van der Waals surface area contributed by atoms with Crippen molar-refractivity contribution in [1.29, 1.82) is 0 Å². The van der Waals surface area contributed by atoms with Gasteiger partial charge in [0.15, 0.2) is 11.5 Å². The van der Waals surface area contributed by atoms with Crippen LogP contribution in [0.5, 0.6) is 0 Å². The lowest BCUT2D eigenvalue weighted by Gasteiger charge is -2.29. The van der Waals surface area contributed by atoms with Gasteiger partial charge in [-0.3, -0.25) is 4.79 Å². The largest absolute Gasteiger partial charge is 0.480 e. The normalized spacial score (nSPS) is 17.3. The molecule has 3 rings (SSSR count). The lowest BCUT2D eigenvalue weighted by atomic mass is 9.90. The van der Waals surface area contributed by atoms with E-state index in [2.05, 4.69) is 10.3 Å². The first kappa shape index (κ1) is 16.5. The molecule has 0 unspecified atom stereocenters. The summed E-state index contributed by atoms with van der Waals surface area (Å²) >= 11 is 0. The number of aryl methyl sites for hydroxylation is 1. The van der Waals surface area contributed by atoms with Crippen molar-refractivity contribution in [3.05, 3.63) is 30.2 Å². The first-order valence-electron chi connectivity index (χ1n) is 8.48. The fourth-order valence-corrected chi connectivity index (χ4v) is 3.30. The second kappa shape index (κ2) is 7.03. The average molecular weight is 330 g/mol. The van der Waals surface area contributed by atoms with Gasteiger partial charge >= 0.3 is 5.97 Å². The van der Waals surface area contributed by atoms with E-state index in [4.69, 9.17) is 4.42 Å². The predicted octanol–water partition coefficient (Wildman–Crippen LogP) is 3.05. The van der Waals surface area contributed by atoms with Crippen LogP contribution < -0.4 is 5.32 Å². The fourth-order valence-electron chi connectivity index (χ4n) is 3.30. The average Bonchev–Trinajstić information content (AvgIpc) is 2.83. The van der Waals surface area contributed by atoms with Gasteiger partial charge in [-0.15, -0.1) is 0 Å². The van der Waals surface area contributed by atoms with E-state index >= 15 is 0 Å². The Bertz CT molecular complexity index is 696. The number of nitrogens with zero attached hydrogens (tertiary/aromatic N) is 1. The molecule has 1 heterocycles. The SMILES string of the molecule is O=C(CCc1nc2ccccc2o1)NC1(C(=O)O)CCCCCC1. The number of nitrogens with one attached hydrogen (secondary N) is 1. The molecule has 128 valence electrons. The minimum Gasteiger partial charge on any atom is -0.480 e. The molecule has 0 bridgehead atoms. The lowest BCUT2D eigenvalue weighted by Crippen LogP contribution is -2.54. The van der Waals surface area contributed by atoms with E-state index in [9.17, 15) is 14.7 Å². The van der Waals surface area contributed by atoms with E-state index in [1.165, 1.54) is 0 Å². The molecule has 0 spiro atoms. The van der Waals surface area contributed by atoms with E-state index < -0.39 is 11.5 Å². The van der Waals surface area contributed by atoms with Crippen molar-refractivity contribution in [2.24, 2.45) is 0 Å². The number of carbonyl (C=O) groups excluding carboxylic acids is 1.